The predicted octanol–water partition coefficient (Wildman–Crippen LogP) is 4.06. The highest BCUT2D eigenvalue weighted by atomic mass is 79.9. The van der Waals surface area contributed by atoms with Gasteiger partial charge in [-0.25, -0.2) is 9.18 Å². The van der Waals surface area contributed by atoms with Crippen molar-refractivity contribution in [3.8, 4) is 5.69 Å². The minimum absolute atomic E-state index is 0.0179. The Morgan fingerprint density at radius 3 is 2.68 bits per heavy atom. The molecule has 0 atom stereocenters. The Bertz CT molecular complexity index is 1120. The second kappa shape index (κ2) is 6.38. The molecule has 1 aromatic carbocycles. The van der Waals surface area contributed by atoms with Crippen molar-refractivity contribution in [2.24, 2.45) is 0 Å². The Labute approximate surface area is 155 Å². The lowest BCUT2D eigenvalue weighted by atomic mass is 10.0. The summed E-state index contributed by atoms with van der Waals surface area (Å²) in [4.78, 5) is 31.3. The monoisotopic (exact) mass is 425 g/mol. The molecule has 130 valence electrons. The van der Waals surface area contributed by atoms with Crippen molar-refractivity contribution in [1.29, 1.82) is 0 Å². The maximum Gasteiger partial charge on any atom is 0.333 e. The standard InChI is InChI=1S/C17H14BrClFN3O2/c1-7(2)14-15(8(3)4-5-21-14)23-10-6-9(18)12(19)13(20)11(10)16(24)22-17(23)25/h4-7H,1-3H3,(H,22,24,25). The molecule has 3 rings (SSSR count). The van der Waals surface area contributed by atoms with Gasteiger partial charge >= 0.3 is 5.69 Å². The van der Waals surface area contributed by atoms with E-state index in [0.717, 1.165) is 5.56 Å². The van der Waals surface area contributed by atoms with Crippen molar-refractivity contribution in [1.82, 2.24) is 14.5 Å². The molecule has 0 amide bonds. The zero-order chi connectivity index (χ0) is 18.5. The first kappa shape index (κ1) is 17.8. The Morgan fingerprint density at radius 2 is 2.04 bits per heavy atom. The van der Waals surface area contributed by atoms with E-state index in [2.05, 4.69) is 25.9 Å². The van der Waals surface area contributed by atoms with E-state index in [4.69, 9.17) is 11.6 Å². The highest BCUT2D eigenvalue weighted by Crippen LogP contribution is 2.32. The number of rotatable bonds is 2. The van der Waals surface area contributed by atoms with Crippen LogP contribution in [0.15, 0.2) is 32.4 Å². The minimum Gasteiger partial charge on any atom is -0.273 e. The normalized spacial score (nSPS) is 11.5. The molecule has 8 heteroatoms. The molecule has 0 saturated heterocycles. The van der Waals surface area contributed by atoms with E-state index in [1.807, 2.05) is 20.8 Å². The number of hydrogen-bond donors (Lipinski definition) is 1. The summed E-state index contributed by atoms with van der Waals surface area (Å²) in [5.74, 6) is -0.863. The number of aromatic nitrogens is 3. The summed E-state index contributed by atoms with van der Waals surface area (Å²) in [5.41, 5.74) is 0.611. The fourth-order valence-corrected chi connectivity index (χ4v) is 3.35. The molecule has 0 unspecified atom stereocenters. The van der Waals surface area contributed by atoms with E-state index < -0.39 is 17.1 Å². The van der Waals surface area contributed by atoms with Crippen molar-refractivity contribution in [2.45, 2.75) is 26.7 Å². The number of hydrogen-bond acceptors (Lipinski definition) is 3. The lowest BCUT2D eigenvalue weighted by molar-refractivity contribution is 0.636. The van der Waals surface area contributed by atoms with E-state index >= 15 is 0 Å². The molecular weight excluding hydrogens is 413 g/mol. The number of fused-ring (bicyclic) bond motifs is 1. The number of benzene rings is 1. The minimum atomic E-state index is -0.881. The van der Waals surface area contributed by atoms with Gasteiger partial charge in [-0.3, -0.25) is 19.3 Å². The summed E-state index contributed by atoms with van der Waals surface area (Å²) >= 11 is 9.08. The van der Waals surface area contributed by atoms with Crippen LogP contribution in [0.4, 0.5) is 4.39 Å². The van der Waals surface area contributed by atoms with Gasteiger partial charge in [0.05, 0.1) is 21.9 Å². The Kier molecular flexibility index (Phi) is 4.55. The van der Waals surface area contributed by atoms with Gasteiger partial charge in [0, 0.05) is 10.7 Å². The second-order valence-electron chi connectivity index (χ2n) is 5.99. The molecule has 0 saturated carbocycles. The summed E-state index contributed by atoms with van der Waals surface area (Å²) in [6.45, 7) is 5.71. The van der Waals surface area contributed by atoms with E-state index in [0.29, 0.717) is 11.4 Å². The number of aromatic amines is 1. The lowest BCUT2D eigenvalue weighted by Gasteiger charge is -2.18. The molecule has 5 nitrogen and oxygen atoms in total. The van der Waals surface area contributed by atoms with Crippen LogP contribution in [-0.4, -0.2) is 14.5 Å². The fraction of sp³-hybridized carbons (Fsp3) is 0.235. The molecular formula is C17H14BrClFN3O2. The van der Waals surface area contributed by atoms with Crippen LogP contribution in [0.25, 0.3) is 16.6 Å². The molecule has 0 bridgehead atoms. The van der Waals surface area contributed by atoms with E-state index in [1.165, 1.54) is 10.6 Å². The van der Waals surface area contributed by atoms with Crippen LogP contribution in [-0.2, 0) is 0 Å². The lowest BCUT2D eigenvalue weighted by Crippen LogP contribution is -2.31. The van der Waals surface area contributed by atoms with Crippen molar-refractivity contribution in [3.63, 3.8) is 0 Å². The van der Waals surface area contributed by atoms with Crippen LogP contribution >= 0.6 is 27.5 Å². The molecule has 0 fully saturated rings. The highest BCUT2D eigenvalue weighted by molar-refractivity contribution is 9.10. The zero-order valence-electron chi connectivity index (χ0n) is 13.7. The Morgan fingerprint density at radius 1 is 1.36 bits per heavy atom. The molecule has 2 heterocycles. The Hall–Kier alpha value is -1.99. The highest BCUT2D eigenvalue weighted by Gasteiger charge is 2.21. The first-order valence-corrected chi connectivity index (χ1v) is 8.69. The van der Waals surface area contributed by atoms with Gasteiger partial charge in [0.25, 0.3) is 5.56 Å². The molecule has 0 aliphatic rings. The summed E-state index contributed by atoms with van der Waals surface area (Å²) in [6, 6.07) is 3.22. The summed E-state index contributed by atoms with van der Waals surface area (Å²) < 4.78 is 16.1. The third kappa shape index (κ3) is 2.81. The fourth-order valence-electron chi connectivity index (χ4n) is 2.81. The number of halogens is 3. The van der Waals surface area contributed by atoms with Crippen LogP contribution in [0.2, 0.25) is 5.02 Å². The van der Waals surface area contributed by atoms with E-state index in [1.54, 1.807) is 12.3 Å². The van der Waals surface area contributed by atoms with Gasteiger partial charge in [-0.1, -0.05) is 25.4 Å². The Balaban J connectivity index is 2.61. The molecule has 1 N–H and O–H groups in total. The molecule has 0 aliphatic heterocycles. The maximum atomic E-state index is 14.6. The molecule has 0 aliphatic carbocycles. The number of pyridine rings is 1. The van der Waals surface area contributed by atoms with Crippen LogP contribution in [0, 0.1) is 12.7 Å². The summed E-state index contributed by atoms with van der Waals surface area (Å²) in [5, 5.41) is -0.485. The first-order valence-electron chi connectivity index (χ1n) is 7.52. The van der Waals surface area contributed by atoms with Gasteiger partial charge in [-0.15, -0.1) is 0 Å². The number of nitrogens with one attached hydrogen (secondary N) is 1. The average Bonchev–Trinajstić information content (AvgIpc) is 2.53. The number of nitrogens with zero attached hydrogens (tertiary/aromatic N) is 2. The number of H-pyrrole nitrogens is 1. The van der Waals surface area contributed by atoms with Crippen LogP contribution < -0.4 is 11.2 Å². The predicted molar refractivity (Wildman–Crippen MR) is 99.5 cm³/mol. The van der Waals surface area contributed by atoms with Crippen molar-refractivity contribution < 1.29 is 4.39 Å². The van der Waals surface area contributed by atoms with Gasteiger partial charge < -0.3 is 0 Å². The molecule has 0 radical (unpaired) electrons. The molecule has 25 heavy (non-hydrogen) atoms. The topological polar surface area (TPSA) is 67.8 Å². The van der Waals surface area contributed by atoms with Crippen LogP contribution in [0.1, 0.15) is 31.0 Å². The van der Waals surface area contributed by atoms with Gasteiger partial charge in [0.1, 0.15) is 5.39 Å². The first-order chi connectivity index (χ1) is 11.7. The maximum absolute atomic E-state index is 14.6. The summed E-state index contributed by atoms with van der Waals surface area (Å²) in [6.07, 6.45) is 1.65. The smallest absolute Gasteiger partial charge is 0.273 e. The van der Waals surface area contributed by atoms with Crippen molar-refractivity contribution in [2.75, 3.05) is 0 Å². The second-order valence-corrected chi connectivity index (χ2v) is 7.22. The van der Waals surface area contributed by atoms with Gasteiger partial charge in [0.2, 0.25) is 0 Å². The number of aryl methyl sites for hydroxylation is 1. The average molecular weight is 427 g/mol. The molecule has 2 aromatic heterocycles. The quantitative estimate of drug-likeness (QED) is 0.628. The zero-order valence-corrected chi connectivity index (χ0v) is 16.0. The van der Waals surface area contributed by atoms with Gasteiger partial charge in [-0.2, -0.15) is 0 Å². The SMILES string of the molecule is Cc1ccnc(C(C)C)c1-n1c(=O)[nH]c(=O)c2c(F)c(Cl)c(Br)cc21. The summed E-state index contributed by atoms with van der Waals surface area (Å²) in [7, 11) is 0. The van der Waals surface area contributed by atoms with E-state index in [-0.39, 0.29) is 26.3 Å². The van der Waals surface area contributed by atoms with Crippen molar-refractivity contribution in [3.05, 3.63) is 65.7 Å². The van der Waals surface area contributed by atoms with Gasteiger partial charge in [-0.05, 0) is 46.5 Å². The van der Waals surface area contributed by atoms with Crippen LogP contribution in [0.5, 0.6) is 0 Å². The third-order valence-electron chi connectivity index (χ3n) is 3.96. The van der Waals surface area contributed by atoms with Gasteiger partial charge in [0.15, 0.2) is 5.82 Å². The molecule has 0 spiro atoms. The third-order valence-corrected chi connectivity index (χ3v) is 5.18. The van der Waals surface area contributed by atoms with Crippen molar-refractivity contribution >= 4 is 38.4 Å². The van der Waals surface area contributed by atoms with E-state index in [9.17, 15) is 14.0 Å². The van der Waals surface area contributed by atoms with Crippen LogP contribution in [0.3, 0.4) is 0 Å². The largest absolute Gasteiger partial charge is 0.333 e. The molecule has 3 aromatic rings.